The van der Waals surface area contributed by atoms with Crippen molar-refractivity contribution in [1.82, 2.24) is 4.90 Å². The summed E-state index contributed by atoms with van der Waals surface area (Å²) in [5.74, 6) is -0.446. The molecule has 0 saturated heterocycles. The van der Waals surface area contributed by atoms with Gasteiger partial charge in [0.1, 0.15) is 0 Å². The maximum absolute atomic E-state index is 11.0. The van der Waals surface area contributed by atoms with Gasteiger partial charge >= 0.3 is 0 Å². The van der Waals surface area contributed by atoms with E-state index in [1.165, 1.54) is 11.8 Å². The molecule has 0 heterocycles. The lowest BCUT2D eigenvalue weighted by Crippen LogP contribution is -2.40. The Labute approximate surface area is 91.2 Å². The van der Waals surface area contributed by atoms with Crippen molar-refractivity contribution in [3.63, 3.8) is 0 Å². The lowest BCUT2D eigenvalue weighted by Gasteiger charge is -2.31. The first-order chi connectivity index (χ1) is 6.59. The third kappa shape index (κ3) is 5.74. The van der Waals surface area contributed by atoms with Crippen LogP contribution in [0.15, 0.2) is 0 Å². The third-order valence-corrected chi connectivity index (χ3v) is 3.60. The summed E-state index contributed by atoms with van der Waals surface area (Å²) in [7, 11) is -2.39. The fourth-order valence-corrected chi connectivity index (χ4v) is 2.56. The van der Waals surface area contributed by atoms with Crippen LogP contribution < -0.4 is 0 Å². The highest BCUT2D eigenvalue weighted by atomic mass is 32.2. The normalized spacial score (nSPS) is 15.8. The number of nitrogens with zero attached hydrogens (tertiary/aromatic N) is 1. The molecule has 0 rings (SSSR count). The zero-order chi connectivity index (χ0) is 12.3. The van der Waals surface area contributed by atoms with Crippen LogP contribution in [0.2, 0.25) is 0 Å². The Morgan fingerprint density at radius 1 is 1.47 bits per heavy atom. The average molecular weight is 237 g/mol. The van der Waals surface area contributed by atoms with Gasteiger partial charge in [-0.3, -0.25) is 9.35 Å². The summed E-state index contributed by atoms with van der Waals surface area (Å²) < 4.78 is 30.4. The van der Waals surface area contributed by atoms with Gasteiger partial charge in [-0.05, 0) is 6.42 Å². The van der Waals surface area contributed by atoms with E-state index in [1.54, 1.807) is 14.0 Å². The van der Waals surface area contributed by atoms with Crippen LogP contribution in [0, 0.1) is 5.41 Å². The molecule has 0 aliphatic rings. The van der Waals surface area contributed by atoms with Crippen molar-refractivity contribution >= 4 is 16.0 Å². The molecule has 90 valence electrons. The Balaban J connectivity index is 4.65. The Hall–Kier alpha value is -0.620. The molecule has 0 spiro atoms. The van der Waals surface area contributed by atoms with E-state index in [0.717, 1.165) is 0 Å². The minimum atomic E-state index is -4.00. The van der Waals surface area contributed by atoms with Gasteiger partial charge in [-0.1, -0.05) is 13.8 Å². The van der Waals surface area contributed by atoms with Crippen molar-refractivity contribution in [3.05, 3.63) is 0 Å². The molecule has 15 heavy (non-hydrogen) atoms. The summed E-state index contributed by atoms with van der Waals surface area (Å²) in [6.45, 7) is 5.31. The maximum Gasteiger partial charge on any atom is 0.265 e. The second kappa shape index (κ2) is 4.94. The summed E-state index contributed by atoms with van der Waals surface area (Å²) in [6.07, 6.45) is 0.574. The molecule has 0 aliphatic carbocycles. The lowest BCUT2D eigenvalue weighted by atomic mass is 9.89. The van der Waals surface area contributed by atoms with Crippen LogP contribution in [-0.2, 0) is 14.9 Å². The average Bonchev–Trinajstić information content (AvgIpc) is 2.00. The second-order valence-corrected chi connectivity index (χ2v) is 5.72. The van der Waals surface area contributed by atoms with E-state index in [4.69, 9.17) is 4.55 Å². The number of amides is 1. The topological polar surface area (TPSA) is 74.7 Å². The smallest absolute Gasteiger partial charge is 0.265 e. The molecule has 0 aromatic heterocycles. The van der Waals surface area contributed by atoms with E-state index in [9.17, 15) is 13.2 Å². The van der Waals surface area contributed by atoms with Gasteiger partial charge in [0.2, 0.25) is 5.91 Å². The van der Waals surface area contributed by atoms with Gasteiger partial charge in [-0.25, -0.2) is 0 Å². The number of rotatable bonds is 5. The zero-order valence-corrected chi connectivity index (χ0v) is 10.5. The number of carbonyl (C=O) groups excluding carboxylic acids is 1. The van der Waals surface area contributed by atoms with Crippen LogP contribution in [0.1, 0.15) is 27.2 Å². The predicted molar refractivity (Wildman–Crippen MR) is 58.1 cm³/mol. The first kappa shape index (κ1) is 14.4. The fraction of sp³-hybridized carbons (Fsp3) is 0.889. The molecule has 0 aliphatic heterocycles. The monoisotopic (exact) mass is 237 g/mol. The molecule has 0 aromatic carbocycles. The highest BCUT2D eigenvalue weighted by molar-refractivity contribution is 7.85. The van der Waals surface area contributed by atoms with Gasteiger partial charge in [-0.2, -0.15) is 8.42 Å². The Kier molecular flexibility index (Phi) is 4.73. The van der Waals surface area contributed by atoms with Gasteiger partial charge in [0, 0.05) is 25.9 Å². The minimum absolute atomic E-state index is 0.120. The van der Waals surface area contributed by atoms with E-state index in [2.05, 4.69) is 0 Å². The summed E-state index contributed by atoms with van der Waals surface area (Å²) in [5.41, 5.74) is -0.603. The molecule has 1 atom stereocenters. The standard InChI is InChI=1S/C9H19NO4S/c1-5-9(3,7-15(12,13)14)6-10(4)8(2)11/h5-7H2,1-4H3,(H,12,13,14). The minimum Gasteiger partial charge on any atom is -0.345 e. The SMILES string of the molecule is CCC(C)(CN(C)C(C)=O)CS(=O)(=O)O. The molecule has 6 heteroatoms. The number of hydrogen-bond donors (Lipinski definition) is 1. The number of carbonyl (C=O) groups is 1. The summed E-state index contributed by atoms with van der Waals surface area (Å²) in [4.78, 5) is 12.5. The lowest BCUT2D eigenvalue weighted by molar-refractivity contribution is -0.128. The van der Waals surface area contributed by atoms with E-state index in [-0.39, 0.29) is 11.7 Å². The molecular formula is C9H19NO4S. The molecule has 0 aromatic rings. The highest BCUT2D eigenvalue weighted by Crippen LogP contribution is 2.24. The van der Waals surface area contributed by atoms with Crippen molar-refractivity contribution in [1.29, 1.82) is 0 Å². The first-order valence-electron chi connectivity index (χ1n) is 4.76. The van der Waals surface area contributed by atoms with Crippen LogP contribution in [0.4, 0.5) is 0 Å². The van der Waals surface area contributed by atoms with Crippen LogP contribution in [0.5, 0.6) is 0 Å². The van der Waals surface area contributed by atoms with Crippen molar-refractivity contribution in [2.45, 2.75) is 27.2 Å². The van der Waals surface area contributed by atoms with E-state index >= 15 is 0 Å². The van der Waals surface area contributed by atoms with Gasteiger partial charge in [0.05, 0.1) is 5.75 Å². The van der Waals surface area contributed by atoms with Crippen molar-refractivity contribution in [2.24, 2.45) is 5.41 Å². The zero-order valence-electron chi connectivity index (χ0n) is 9.65. The Morgan fingerprint density at radius 3 is 2.20 bits per heavy atom. The molecule has 0 bridgehead atoms. The molecule has 1 N–H and O–H groups in total. The molecule has 1 unspecified atom stereocenters. The van der Waals surface area contributed by atoms with Gasteiger partial charge < -0.3 is 4.90 Å². The summed E-state index contributed by atoms with van der Waals surface area (Å²) >= 11 is 0. The quantitative estimate of drug-likeness (QED) is 0.717. The van der Waals surface area contributed by atoms with E-state index in [1.807, 2.05) is 6.92 Å². The molecular weight excluding hydrogens is 218 g/mol. The van der Waals surface area contributed by atoms with E-state index < -0.39 is 15.5 Å². The number of hydrogen-bond acceptors (Lipinski definition) is 3. The van der Waals surface area contributed by atoms with Gasteiger partial charge in [-0.15, -0.1) is 0 Å². The molecule has 0 saturated carbocycles. The fourth-order valence-electron chi connectivity index (χ4n) is 1.38. The van der Waals surface area contributed by atoms with Crippen molar-refractivity contribution < 1.29 is 17.8 Å². The van der Waals surface area contributed by atoms with Crippen LogP contribution in [-0.4, -0.2) is 43.1 Å². The largest absolute Gasteiger partial charge is 0.345 e. The maximum atomic E-state index is 11.0. The van der Waals surface area contributed by atoms with Crippen LogP contribution >= 0.6 is 0 Å². The van der Waals surface area contributed by atoms with Crippen molar-refractivity contribution in [2.75, 3.05) is 19.3 Å². The molecule has 5 nitrogen and oxygen atoms in total. The van der Waals surface area contributed by atoms with Crippen LogP contribution in [0.3, 0.4) is 0 Å². The van der Waals surface area contributed by atoms with Crippen molar-refractivity contribution in [3.8, 4) is 0 Å². The molecule has 1 amide bonds. The first-order valence-corrected chi connectivity index (χ1v) is 6.37. The third-order valence-electron chi connectivity index (χ3n) is 2.54. The predicted octanol–water partition coefficient (Wildman–Crippen LogP) is 0.769. The van der Waals surface area contributed by atoms with Gasteiger partial charge in [0.25, 0.3) is 10.1 Å². The molecule has 0 radical (unpaired) electrons. The summed E-state index contributed by atoms with van der Waals surface area (Å²) in [5, 5.41) is 0. The van der Waals surface area contributed by atoms with Gasteiger partial charge in [0.15, 0.2) is 0 Å². The Bertz CT molecular complexity index is 325. The second-order valence-electron chi connectivity index (χ2n) is 4.27. The summed E-state index contributed by atoms with van der Waals surface area (Å²) in [6, 6.07) is 0. The highest BCUT2D eigenvalue weighted by Gasteiger charge is 2.30. The van der Waals surface area contributed by atoms with E-state index in [0.29, 0.717) is 13.0 Å². The van der Waals surface area contributed by atoms with Crippen LogP contribution in [0.25, 0.3) is 0 Å². The Morgan fingerprint density at radius 2 is 1.93 bits per heavy atom. The molecule has 0 fully saturated rings.